The molecule has 0 bridgehead atoms. The molecular formula is C44H63ClO3. The van der Waals surface area contributed by atoms with Crippen LogP contribution in [-0.2, 0) is 13.2 Å². The number of halogens is 1. The van der Waals surface area contributed by atoms with Gasteiger partial charge in [-0.1, -0.05) is 132 Å². The average Bonchev–Trinajstić information content (AvgIpc) is 3.00. The van der Waals surface area contributed by atoms with Crippen molar-refractivity contribution in [1.29, 1.82) is 0 Å². The van der Waals surface area contributed by atoms with Crippen molar-refractivity contribution in [3.63, 3.8) is 0 Å². The largest absolute Gasteiger partial charge is 0.496 e. The topological polar surface area (TPSA) is 49.7 Å². The highest BCUT2D eigenvalue weighted by molar-refractivity contribution is 6.30. The second-order valence-electron chi connectivity index (χ2n) is 14.2. The van der Waals surface area contributed by atoms with Crippen LogP contribution in [0.25, 0.3) is 0 Å². The van der Waals surface area contributed by atoms with E-state index in [-0.39, 0.29) is 13.2 Å². The molecule has 2 N–H and O–H groups in total. The first-order valence-corrected chi connectivity index (χ1v) is 17.6. The van der Waals surface area contributed by atoms with Crippen molar-refractivity contribution in [3.8, 4) is 5.75 Å². The summed E-state index contributed by atoms with van der Waals surface area (Å²) in [6.07, 6.45) is 0. The Morgan fingerprint density at radius 2 is 0.896 bits per heavy atom. The van der Waals surface area contributed by atoms with Crippen LogP contribution in [0.2, 0.25) is 5.02 Å². The van der Waals surface area contributed by atoms with Crippen LogP contribution in [0.1, 0.15) is 140 Å². The van der Waals surface area contributed by atoms with E-state index in [4.69, 9.17) is 21.4 Å². The molecule has 0 aliphatic heterocycles. The Bertz CT molecular complexity index is 1450. The summed E-state index contributed by atoms with van der Waals surface area (Å²) in [6, 6.07) is 23.3. The lowest BCUT2D eigenvalue weighted by Crippen LogP contribution is -1.98. The van der Waals surface area contributed by atoms with Crippen molar-refractivity contribution >= 4 is 11.6 Å². The molecule has 4 aromatic carbocycles. The van der Waals surface area contributed by atoms with Gasteiger partial charge in [0.25, 0.3) is 0 Å². The lowest BCUT2D eigenvalue weighted by molar-refractivity contribution is 0.273. The Morgan fingerprint density at radius 3 is 1.29 bits per heavy atom. The van der Waals surface area contributed by atoms with Gasteiger partial charge in [0.2, 0.25) is 0 Å². The van der Waals surface area contributed by atoms with E-state index >= 15 is 0 Å². The van der Waals surface area contributed by atoms with Gasteiger partial charge in [0.15, 0.2) is 0 Å². The zero-order valence-electron chi connectivity index (χ0n) is 32.3. The zero-order valence-corrected chi connectivity index (χ0v) is 33.0. The summed E-state index contributed by atoms with van der Waals surface area (Å²) in [4.78, 5) is 0. The van der Waals surface area contributed by atoms with Crippen LogP contribution in [-0.4, -0.2) is 17.3 Å². The molecule has 0 unspecified atom stereocenters. The molecular weight excluding hydrogens is 612 g/mol. The quantitative estimate of drug-likeness (QED) is 0.205. The number of aliphatic hydroxyl groups excluding tert-OH is 2. The molecule has 4 heteroatoms. The first kappa shape index (κ1) is 42.9. The van der Waals surface area contributed by atoms with Gasteiger partial charge >= 0.3 is 0 Å². The van der Waals surface area contributed by atoms with Crippen LogP contribution in [0.4, 0.5) is 0 Å². The van der Waals surface area contributed by atoms with Crippen molar-refractivity contribution < 1.29 is 14.9 Å². The number of methoxy groups -OCH3 is 1. The van der Waals surface area contributed by atoms with Crippen LogP contribution < -0.4 is 4.74 Å². The fourth-order valence-electron chi connectivity index (χ4n) is 5.38. The highest BCUT2D eigenvalue weighted by atomic mass is 35.5. The van der Waals surface area contributed by atoms with Crippen LogP contribution >= 0.6 is 11.6 Å². The molecule has 48 heavy (non-hydrogen) atoms. The molecule has 0 saturated heterocycles. The van der Waals surface area contributed by atoms with Crippen molar-refractivity contribution in [2.75, 3.05) is 7.11 Å². The van der Waals surface area contributed by atoms with Gasteiger partial charge in [-0.15, -0.1) is 0 Å². The van der Waals surface area contributed by atoms with Gasteiger partial charge in [0.05, 0.1) is 20.3 Å². The van der Waals surface area contributed by atoms with E-state index in [1.54, 1.807) is 7.11 Å². The van der Waals surface area contributed by atoms with Crippen LogP contribution in [0.3, 0.4) is 0 Å². The third-order valence-electron chi connectivity index (χ3n) is 8.07. The molecule has 0 heterocycles. The van der Waals surface area contributed by atoms with E-state index in [9.17, 15) is 5.11 Å². The van der Waals surface area contributed by atoms with E-state index in [0.29, 0.717) is 23.7 Å². The molecule has 3 nitrogen and oxygen atoms in total. The molecule has 0 aliphatic rings. The number of ether oxygens (including phenoxy) is 1. The average molecular weight is 675 g/mol. The fraction of sp³-hybridized carbons (Fsp3) is 0.455. The summed E-state index contributed by atoms with van der Waals surface area (Å²) >= 11 is 5.89. The molecule has 0 spiro atoms. The first-order valence-electron chi connectivity index (χ1n) is 17.3. The zero-order chi connectivity index (χ0) is 36.7. The van der Waals surface area contributed by atoms with E-state index in [0.717, 1.165) is 27.5 Å². The predicted octanol–water partition coefficient (Wildman–Crippen LogP) is 12.4. The molecule has 4 aromatic rings. The summed E-state index contributed by atoms with van der Waals surface area (Å²) < 4.78 is 5.24. The lowest BCUT2D eigenvalue weighted by Gasteiger charge is -2.14. The van der Waals surface area contributed by atoms with Crippen molar-refractivity contribution in [2.45, 2.75) is 127 Å². The van der Waals surface area contributed by atoms with E-state index < -0.39 is 0 Å². The van der Waals surface area contributed by atoms with Gasteiger partial charge in [-0.3, -0.25) is 0 Å². The summed E-state index contributed by atoms with van der Waals surface area (Å²) in [5.41, 5.74) is 13.5. The van der Waals surface area contributed by atoms with Crippen molar-refractivity contribution in [2.24, 2.45) is 0 Å². The molecule has 0 radical (unpaired) electrons. The highest BCUT2D eigenvalue weighted by Gasteiger charge is 2.09. The number of hydrogen-bond acceptors (Lipinski definition) is 3. The third-order valence-corrected chi connectivity index (χ3v) is 8.28. The molecule has 0 aliphatic carbocycles. The van der Waals surface area contributed by atoms with E-state index in [1.807, 2.05) is 31.2 Å². The molecule has 4 rings (SSSR count). The second kappa shape index (κ2) is 21.1. The molecule has 0 atom stereocenters. The number of hydrogen-bond donors (Lipinski definition) is 2. The molecule has 264 valence electrons. The van der Waals surface area contributed by atoms with Gasteiger partial charge in [-0.05, 0) is 115 Å². The molecule has 0 saturated carbocycles. The first-order chi connectivity index (χ1) is 22.4. The Hall–Kier alpha value is -3.11. The highest BCUT2D eigenvalue weighted by Crippen LogP contribution is 2.28. The van der Waals surface area contributed by atoms with Gasteiger partial charge in [-0.2, -0.15) is 0 Å². The Morgan fingerprint density at radius 1 is 0.500 bits per heavy atom. The maximum atomic E-state index is 9.20. The lowest BCUT2D eigenvalue weighted by atomic mass is 9.97. The Kier molecular flexibility index (Phi) is 18.8. The minimum absolute atomic E-state index is 0.0323. The number of rotatable bonds is 7. The normalized spacial score (nSPS) is 10.7. The van der Waals surface area contributed by atoms with E-state index in [2.05, 4.69) is 126 Å². The van der Waals surface area contributed by atoms with Gasteiger partial charge in [-0.25, -0.2) is 0 Å². The smallest absolute Gasteiger partial charge is 0.127 e. The fourth-order valence-corrected chi connectivity index (χ4v) is 5.68. The standard InChI is InChI=1S/C12H18O2.C11H16O.C11H16.C10H13Cl/c1-8(2)10-5-9(3)12(14-4)11(6-10)7-13;1-8(2)11-5-9(3)4-10(6-11)7-12;1-8(2)11-6-9(3)5-10(4)7-11;1-7(2)9-4-8(3)5-10(11)6-9/h5-6,8,13H,7H2,1-4H3;4-6,8,12H,7H2,1-3H3;5-8H,1-4H3;4-7H,1-3H3. The minimum atomic E-state index is 0.0323. The minimum Gasteiger partial charge on any atom is -0.496 e. The summed E-state index contributed by atoms with van der Waals surface area (Å²) in [5.74, 6) is 3.03. The number of benzene rings is 4. The van der Waals surface area contributed by atoms with Gasteiger partial charge in [0.1, 0.15) is 5.75 Å². The summed E-state index contributed by atoms with van der Waals surface area (Å²) in [7, 11) is 1.64. The summed E-state index contributed by atoms with van der Waals surface area (Å²) in [6.45, 7) is 28.0. The molecule has 0 aromatic heterocycles. The monoisotopic (exact) mass is 674 g/mol. The van der Waals surface area contributed by atoms with Gasteiger partial charge < -0.3 is 14.9 Å². The SMILES string of the molecule is COc1c(C)cc(C(C)C)cc1CO.Cc1cc(C)cc(C(C)C)c1.Cc1cc(CO)cc(C(C)C)c1.Cc1cc(Cl)cc(C(C)C)c1. The van der Waals surface area contributed by atoms with Crippen molar-refractivity contribution in [3.05, 3.63) is 133 Å². The van der Waals surface area contributed by atoms with Crippen LogP contribution in [0.5, 0.6) is 5.75 Å². The van der Waals surface area contributed by atoms with E-state index in [1.165, 1.54) is 44.5 Å². The Labute approximate surface area is 298 Å². The molecule has 0 amide bonds. The van der Waals surface area contributed by atoms with Crippen LogP contribution in [0.15, 0.2) is 66.7 Å². The molecule has 0 fully saturated rings. The third kappa shape index (κ3) is 15.0. The number of aryl methyl sites for hydroxylation is 5. The number of aliphatic hydroxyl groups is 2. The maximum absolute atomic E-state index is 9.20. The summed E-state index contributed by atoms with van der Waals surface area (Å²) in [5, 5.41) is 19.0. The predicted molar refractivity (Wildman–Crippen MR) is 209 cm³/mol. The van der Waals surface area contributed by atoms with Crippen molar-refractivity contribution in [1.82, 2.24) is 0 Å². The maximum Gasteiger partial charge on any atom is 0.127 e. The van der Waals surface area contributed by atoms with Crippen LogP contribution in [0, 0.1) is 34.6 Å². The second-order valence-corrected chi connectivity index (χ2v) is 14.6. The Balaban J connectivity index is 0.000000322. The van der Waals surface area contributed by atoms with Gasteiger partial charge in [0, 0.05) is 10.6 Å².